The number of carbonyl (C=O) groups excluding carboxylic acids is 1. The molecule has 0 bridgehead atoms. The molecule has 0 spiro atoms. The van der Waals surface area contributed by atoms with Crippen LogP contribution in [0, 0.1) is 5.82 Å². The van der Waals surface area contributed by atoms with Gasteiger partial charge in [0.25, 0.3) is 5.91 Å². The third-order valence-electron chi connectivity index (χ3n) is 5.58. The Bertz CT molecular complexity index is 1480. The lowest BCUT2D eigenvalue weighted by Crippen LogP contribution is -2.19. The van der Waals surface area contributed by atoms with E-state index in [1.165, 1.54) is 12.1 Å². The number of halogens is 2. The van der Waals surface area contributed by atoms with Crippen LogP contribution in [0.4, 0.5) is 10.1 Å². The van der Waals surface area contributed by atoms with Crippen LogP contribution < -0.4 is 10.1 Å². The Morgan fingerprint density at radius 3 is 2.46 bits per heavy atom. The molecule has 3 aromatic carbocycles. The van der Waals surface area contributed by atoms with Crippen molar-refractivity contribution in [1.29, 1.82) is 0 Å². The number of benzene rings is 3. The van der Waals surface area contributed by atoms with Crippen molar-refractivity contribution in [2.45, 2.75) is 13.2 Å². The minimum Gasteiger partial charge on any atom is -0.486 e. The molecule has 0 saturated carbocycles. The molecule has 174 valence electrons. The molecule has 0 fully saturated rings. The molecular formula is C28H21BrFN3O2. The van der Waals surface area contributed by atoms with Crippen LogP contribution in [0.3, 0.4) is 0 Å². The van der Waals surface area contributed by atoms with Gasteiger partial charge in [-0.1, -0.05) is 54.6 Å². The Morgan fingerprint density at radius 2 is 1.69 bits per heavy atom. The van der Waals surface area contributed by atoms with E-state index >= 15 is 0 Å². The maximum absolute atomic E-state index is 13.7. The number of ether oxygens (including phenoxy) is 1. The number of hydrogen-bond donors (Lipinski definition) is 1. The number of para-hydroxylation sites is 1. The van der Waals surface area contributed by atoms with Crippen molar-refractivity contribution >= 4 is 38.4 Å². The molecule has 0 atom stereocenters. The maximum Gasteiger partial charge on any atom is 0.276 e. The average molecular weight is 530 g/mol. The van der Waals surface area contributed by atoms with Crippen LogP contribution in [-0.4, -0.2) is 15.5 Å². The second-order valence-corrected chi connectivity index (χ2v) is 8.94. The molecular weight excluding hydrogens is 509 g/mol. The summed E-state index contributed by atoms with van der Waals surface area (Å²) in [6.45, 7) is 0.680. The molecule has 2 heterocycles. The van der Waals surface area contributed by atoms with E-state index < -0.39 is 0 Å². The Balaban J connectivity index is 1.61. The molecule has 0 saturated heterocycles. The van der Waals surface area contributed by atoms with Gasteiger partial charge in [-0.25, -0.2) is 4.39 Å². The maximum atomic E-state index is 13.7. The zero-order valence-corrected chi connectivity index (χ0v) is 20.2. The molecule has 0 aliphatic rings. The van der Waals surface area contributed by atoms with Crippen LogP contribution in [0.25, 0.3) is 10.9 Å². The van der Waals surface area contributed by atoms with Gasteiger partial charge in [-0.3, -0.25) is 9.78 Å². The van der Waals surface area contributed by atoms with Crippen LogP contribution in [0.1, 0.15) is 21.6 Å². The summed E-state index contributed by atoms with van der Waals surface area (Å²) in [6, 6.07) is 25.6. The predicted octanol–water partition coefficient (Wildman–Crippen LogP) is 6.82. The molecule has 1 N–H and O–H groups in total. The molecule has 5 rings (SSSR count). The van der Waals surface area contributed by atoms with E-state index in [0.717, 1.165) is 26.5 Å². The molecule has 35 heavy (non-hydrogen) atoms. The topological polar surface area (TPSA) is 56.1 Å². The predicted molar refractivity (Wildman–Crippen MR) is 138 cm³/mol. The highest BCUT2D eigenvalue weighted by Crippen LogP contribution is 2.35. The molecule has 5 nitrogen and oxygen atoms in total. The highest BCUT2D eigenvalue weighted by Gasteiger charge is 2.25. The minimum absolute atomic E-state index is 0.307. The largest absolute Gasteiger partial charge is 0.486 e. The quantitative estimate of drug-likeness (QED) is 0.251. The number of fused-ring (bicyclic) bond motifs is 1. The van der Waals surface area contributed by atoms with Crippen LogP contribution in [0.5, 0.6) is 5.75 Å². The molecule has 2 aromatic heterocycles. The van der Waals surface area contributed by atoms with Gasteiger partial charge in [0.1, 0.15) is 12.4 Å². The molecule has 0 aliphatic heterocycles. The van der Waals surface area contributed by atoms with Gasteiger partial charge in [-0.05, 0) is 57.4 Å². The van der Waals surface area contributed by atoms with Crippen molar-refractivity contribution in [2.75, 3.05) is 5.32 Å². The van der Waals surface area contributed by atoms with Crippen LogP contribution in [0.2, 0.25) is 0 Å². The van der Waals surface area contributed by atoms with Crippen LogP contribution in [-0.2, 0) is 13.2 Å². The van der Waals surface area contributed by atoms with Gasteiger partial charge < -0.3 is 14.6 Å². The number of aromatic nitrogens is 2. The number of nitrogens with zero attached hydrogens (tertiary/aromatic N) is 2. The fourth-order valence-corrected chi connectivity index (χ4v) is 4.35. The average Bonchev–Trinajstić information content (AvgIpc) is 3.18. The van der Waals surface area contributed by atoms with E-state index in [4.69, 9.17) is 4.74 Å². The van der Waals surface area contributed by atoms with Gasteiger partial charge >= 0.3 is 0 Å². The molecule has 0 radical (unpaired) electrons. The van der Waals surface area contributed by atoms with Gasteiger partial charge in [0, 0.05) is 22.6 Å². The second-order valence-electron chi connectivity index (χ2n) is 8.03. The summed E-state index contributed by atoms with van der Waals surface area (Å²) in [5.41, 5.74) is 3.63. The first-order valence-corrected chi connectivity index (χ1v) is 11.8. The Morgan fingerprint density at radius 1 is 0.943 bits per heavy atom. The zero-order chi connectivity index (χ0) is 24.2. The van der Waals surface area contributed by atoms with E-state index in [9.17, 15) is 9.18 Å². The lowest BCUT2D eigenvalue weighted by Gasteiger charge is -2.13. The summed E-state index contributed by atoms with van der Waals surface area (Å²) in [6.07, 6.45) is 3.23. The molecule has 7 heteroatoms. The van der Waals surface area contributed by atoms with E-state index in [0.29, 0.717) is 30.3 Å². The van der Waals surface area contributed by atoms with Crippen molar-refractivity contribution in [3.05, 3.63) is 124 Å². The van der Waals surface area contributed by atoms with Crippen LogP contribution in [0.15, 0.2) is 102 Å². The summed E-state index contributed by atoms with van der Waals surface area (Å²) in [5, 5.41) is 3.76. The summed E-state index contributed by atoms with van der Waals surface area (Å²) >= 11 is 3.39. The number of nitrogens with one attached hydrogen (secondary N) is 1. The van der Waals surface area contributed by atoms with Gasteiger partial charge in [0.2, 0.25) is 0 Å². The fraction of sp³-hybridized carbons (Fsp3) is 0.0714. The lowest BCUT2D eigenvalue weighted by atomic mass is 10.2. The summed E-state index contributed by atoms with van der Waals surface area (Å²) in [5.74, 6) is -0.142. The van der Waals surface area contributed by atoms with Crippen molar-refractivity contribution in [1.82, 2.24) is 9.55 Å². The van der Waals surface area contributed by atoms with Crippen molar-refractivity contribution in [2.24, 2.45) is 0 Å². The third kappa shape index (κ3) is 5.10. The number of anilines is 1. The smallest absolute Gasteiger partial charge is 0.276 e. The summed E-state index contributed by atoms with van der Waals surface area (Å²) < 4.78 is 22.5. The fourth-order valence-electron chi connectivity index (χ4n) is 3.98. The van der Waals surface area contributed by atoms with Gasteiger partial charge in [0.15, 0.2) is 11.4 Å². The standard InChI is InChI=1S/C28H21BrFN3O2/c29-21-14-23(16-31-15-21)32-28(34)26-27(35-18-20-6-2-1-3-7-20)24-8-4-5-9-25(24)33(26)17-19-10-12-22(30)13-11-19/h1-16H,17-18H2,(H,32,34). The Hall–Kier alpha value is -3.97. The van der Waals surface area contributed by atoms with Gasteiger partial charge in [-0.2, -0.15) is 0 Å². The van der Waals surface area contributed by atoms with E-state index in [1.807, 2.05) is 59.2 Å². The Labute approximate surface area is 210 Å². The first-order chi connectivity index (χ1) is 17.1. The van der Waals surface area contributed by atoms with Crippen molar-refractivity contribution < 1.29 is 13.9 Å². The molecule has 0 unspecified atom stereocenters. The first kappa shape index (κ1) is 22.8. The van der Waals surface area contributed by atoms with Gasteiger partial charge in [-0.15, -0.1) is 0 Å². The number of pyridine rings is 1. The van der Waals surface area contributed by atoms with Crippen LogP contribution >= 0.6 is 15.9 Å². The SMILES string of the molecule is O=C(Nc1cncc(Br)c1)c1c(OCc2ccccc2)c2ccccc2n1Cc1ccc(F)cc1. The number of rotatable bonds is 7. The van der Waals surface area contributed by atoms with Crippen molar-refractivity contribution in [3.63, 3.8) is 0 Å². The monoisotopic (exact) mass is 529 g/mol. The zero-order valence-electron chi connectivity index (χ0n) is 18.6. The van der Waals surface area contributed by atoms with Crippen molar-refractivity contribution in [3.8, 4) is 5.75 Å². The lowest BCUT2D eigenvalue weighted by molar-refractivity contribution is 0.101. The second kappa shape index (κ2) is 10.1. The highest BCUT2D eigenvalue weighted by atomic mass is 79.9. The van der Waals surface area contributed by atoms with E-state index in [-0.39, 0.29) is 11.7 Å². The normalized spacial score (nSPS) is 10.9. The van der Waals surface area contributed by atoms with E-state index in [2.05, 4.69) is 26.2 Å². The minimum atomic E-state index is -0.328. The summed E-state index contributed by atoms with van der Waals surface area (Å²) in [4.78, 5) is 17.8. The molecule has 5 aromatic rings. The highest BCUT2D eigenvalue weighted by molar-refractivity contribution is 9.10. The van der Waals surface area contributed by atoms with E-state index in [1.54, 1.807) is 30.6 Å². The Kier molecular flexibility index (Phi) is 6.59. The summed E-state index contributed by atoms with van der Waals surface area (Å²) in [7, 11) is 0. The number of carbonyl (C=O) groups is 1. The number of amides is 1. The third-order valence-corrected chi connectivity index (χ3v) is 6.02. The molecule has 0 aliphatic carbocycles. The van der Waals surface area contributed by atoms with Gasteiger partial charge in [0.05, 0.1) is 17.4 Å². The molecule has 1 amide bonds. The first-order valence-electron chi connectivity index (χ1n) is 11.0. The number of hydrogen-bond acceptors (Lipinski definition) is 3.